The van der Waals surface area contributed by atoms with Crippen LogP contribution in [-0.4, -0.2) is 0 Å². The first kappa shape index (κ1) is 8.55. The van der Waals surface area contributed by atoms with E-state index in [2.05, 4.69) is 37.3 Å². The van der Waals surface area contributed by atoms with Gasteiger partial charge in [0, 0.05) is 0 Å². The first-order valence-corrected chi connectivity index (χ1v) is 5.16. The summed E-state index contributed by atoms with van der Waals surface area (Å²) in [6, 6.07) is 6.95. The van der Waals surface area contributed by atoms with E-state index >= 15 is 0 Å². The van der Waals surface area contributed by atoms with Crippen molar-refractivity contribution in [1.82, 2.24) is 0 Å². The van der Waals surface area contributed by atoms with Gasteiger partial charge in [0.25, 0.3) is 0 Å². The Kier molecular flexibility index (Phi) is 2.49. The summed E-state index contributed by atoms with van der Waals surface area (Å²) in [6.07, 6.45) is 9.26. The van der Waals surface area contributed by atoms with Gasteiger partial charge in [-0.1, -0.05) is 43.7 Å². The number of hydrogen-bond donors (Lipinski definition) is 0. The molecule has 0 unspecified atom stereocenters. The highest BCUT2D eigenvalue weighted by Gasteiger charge is 2.04. The minimum atomic E-state index is 1.13. The summed E-state index contributed by atoms with van der Waals surface area (Å²) >= 11 is 0. The summed E-state index contributed by atoms with van der Waals surface area (Å²) in [5, 5.41) is 0. The third kappa shape index (κ3) is 1.82. The second-order valence-electron chi connectivity index (χ2n) is 3.73. The fourth-order valence-electron chi connectivity index (χ4n) is 1.93. The van der Waals surface area contributed by atoms with Crippen LogP contribution in [0.4, 0.5) is 0 Å². The summed E-state index contributed by atoms with van der Waals surface area (Å²) in [6.45, 7) is 2.24. The normalized spacial score (nSPS) is 14.2. The molecule has 0 saturated carbocycles. The molecule has 0 aliphatic heterocycles. The first-order valence-electron chi connectivity index (χ1n) is 5.16. The van der Waals surface area contributed by atoms with E-state index in [1.165, 1.54) is 29.5 Å². The number of aryl methyl sites for hydroxylation is 1. The summed E-state index contributed by atoms with van der Waals surface area (Å²) in [5.41, 5.74) is 4.55. The Morgan fingerprint density at radius 3 is 2.62 bits per heavy atom. The number of fused-ring (bicyclic) bond motifs is 1. The molecular formula is C13H16. The minimum absolute atomic E-state index is 1.13. The van der Waals surface area contributed by atoms with Gasteiger partial charge in [-0.3, -0.25) is 0 Å². The van der Waals surface area contributed by atoms with Gasteiger partial charge in [0.05, 0.1) is 0 Å². The molecule has 0 aromatic heterocycles. The number of rotatable bonds is 2. The molecule has 0 amide bonds. The van der Waals surface area contributed by atoms with Crippen LogP contribution in [0.3, 0.4) is 0 Å². The Labute approximate surface area is 80.3 Å². The van der Waals surface area contributed by atoms with Gasteiger partial charge in [0.2, 0.25) is 0 Å². The maximum absolute atomic E-state index is 2.38. The smallest absolute Gasteiger partial charge is 0.00944 e. The molecule has 0 fully saturated rings. The molecule has 0 heteroatoms. The lowest BCUT2D eigenvalue weighted by molar-refractivity contribution is 0.914. The van der Waals surface area contributed by atoms with E-state index in [0.717, 1.165) is 12.8 Å². The first-order chi connectivity index (χ1) is 6.40. The van der Waals surface area contributed by atoms with Crippen molar-refractivity contribution in [2.75, 3.05) is 0 Å². The molecule has 0 saturated heterocycles. The lowest BCUT2D eigenvalue weighted by Gasteiger charge is -2.12. The minimum Gasteiger partial charge on any atom is -0.0838 e. The van der Waals surface area contributed by atoms with Crippen LogP contribution in [0, 0.1) is 0 Å². The Bertz CT molecular complexity index is 321. The molecule has 0 spiro atoms. The Balaban J connectivity index is 2.27. The van der Waals surface area contributed by atoms with Crippen molar-refractivity contribution >= 4 is 0 Å². The maximum atomic E-state index is 2.38. The second kappa shape index (κ2) is 3.78. The topological polar surface area (TPSA) is 0 Å². The van der Waals surface area contributed by atoms with Crippen molar-refractivity contribution in [3.8, 4) is 0 Å². The third-order valence-corrected chi connectivity index (χ3v) is 2.65. The molecule has 13 heavy (non-hydrogen) atoms. The lowest BCUT2D eigenvalue weighted by Crippen LogP contribution is -1.98. The van der Waals surface area contributed by atoms with E-state index in [1.54, 1.807) is 0 Å². The molecule has 0 bridgehead atoms. The lowest BCUT2D eigenvalue weighted by atomic mass is 9.94. The van der Waals surface area contributed by atoms with Crippen LogP contribution in [0.25, 0.3) is 0 Å². The van der Waals surface area contributed by atoms with Crippen molar-refractivity contribution in [3.63, 3.8) is 0 Å². The van der Waals surface area contributed by atoms with Gasteiger partial charge >= 0.3 is 0 Å². The molecule has 68 valence electrons. The third-order valence-electron chi connectivity index (χ3n) is 2.65. The van der Waals surface area contributed by atoms with E-state index in [0.29, 0.717) is 0 Å². The fraction of sp³-hybridized carbons (Fsp3) is 0.385. The molecule has 0 atom stereocenters. The van der Waals surface area contributed by atoms with Crippen molar-refractivity contribution < 1.29 is 0 Å². The van der Waals surface area contributed by atoms with Gasteiger partial charge in [-0.15, -0.1) is 0 Å². The predicted molar refractivity (Wildman–Crippen MR) is 57.0 cm³/mol. The summed E-state index contributed by atoms with van der Waals surface area (Å²) < 4.78 is 0. The molecule has 0 N–H and O–H groups in total. The van der Waals surface area contributed by atoms with Crippen molar-refractivity contribution in [2.45, 2.75) is 32.6 Å². The van der Waals surface area contributed by atoms with Gasteiger partial charge in [-0.05, 0) is 36.0 Å². The largest absolute Gasteiger partial charge is 0.0838 e. The Morgan fingerprint density at radius 2 is 1.85 bits per heavy atom. The predicted octanol–water partition coefficient (Wildman–Crippen LogP) is 3.29. The highest BCUT2D eigenvalue weighted by molar-refractivity contribution is 5.37. The average molecular weight is 172 g/mol. The van der Waals surface area contributed by atoms with Crippen molar-refractivity contribution in [1.29, 1.82) is 0 Å². The average Bonchev–Trinajstić information content (AvgIpc) is 2.18. The standard InChI is InChI=1S/C13H16/c1-2-5-11-8-9-12-6-3-4-7-13(12)10-11/h3-4,8-10H,2,5-7H2,1H3. The van der Waals surface area contributed by atoms with Crippen LogP contribution < -0.4 is 0 Å². The van der Waals surface area contributed by atoms with Gasteiger partial charge in [-0.25, -0.2) is 0 Å². The molecule has 0 radical (unpaired) electrons. The van der Waals surface area contributed by atoms with Crippen LogP contribution in [0.15, 0.2) is 30.4 Å². The molecule has 0 heterocycles. The Morgan fingerprint density at radius 1 is 1.08 bits per heavy atom. The van der Waals surface area contributed by atoms with Crippen molar-refractivity contribution in [2.24, 2.45) is 0 Å². The maximum Gasteiger partial charge on any atom is -0.00944 e. The van der Waals surface area contributed by atoms with Crippen LogP contribution in [0.1, 0.15) is 30.0 Å². The summed E-state index contributed by atoms with van der Waals surface area (Å²) in [4.78, 5) is 0. The Hall–Kier alpha value is -1.04. The number of benzene rings is 1. The van der Waals surface area contributed by atoms with Crippen LogP contribution >= 0.6 is 0 Å². The SMILES string of the molecule is CCCc1ccc2c(c1)CC=CC2. The molecule has 0 nitrogen and oxygen atoms in total. The van der Waals surface area contributed by atoms with Crippen LogP contribution in [0.2, 0.25) is 0 Å². The van der Waals surface area contributed by atoms with E-state index in [9.17, 15) is 0 Å². The molecular weight excluding hydrogens is 156 g/mol. The zero-order valence-electron chi connectivity index (χ0n) is 8.22. The van der Waals surface area contributed by atoms with Crippen molar-refractivity contribution in [3.05, 3.63) is 47.0 Å². The summed E-state index contributed by atoms with van der Waals surface area (Å²) in [7, 11) is 0. The van der Waals surface area contributed by atoms with Crippen LogP contribution in [-0.2, 0) is 19.3 Å². The molecule has 1 aromatic carbocycles. The summed E-state index contributed by atoms with van der Waals surface area (Å²) in [5.74, 6) is 0. The highest BCUT2D eigenvalue weighted by Crippen LogP contribution is 2.18. The zero-order valence-corrected chi connectivity index (χ0v) is 8.22. The van der Waals surface area contributed by atoms with Gasteiger partial charge < -0.3 is 0 Å². The second-order valence-corrected chi connectivity index (χ2v) is 3.73. The van der Waals surface area contributed by atoms with Gasteiger partial charge in [-0.2, -0.15) is 0 Å². The molecule has 2 rings (SSSR count). The van der Waals surface area contributed by atoms with E-state index < -0.39 is 0 Å². The highest BCUT2D eigenvalue weighted by atomic mass is 14.1. The van der Waals surface area contributed by atoms with E-state index in [-0.39, 0.29) is 0 Å². The quantitative estimate of drug-likeness (QED) is 0.600. The molecule has 1 aliphatic carbocycles. The monoisotopic (exact) mass is 172 g/mol. The molecule has 1 aliphatic rings. The number of allylic oxidation sites excluding steroid dienone is 2. The van der Waals surface area contributed by atoms with E-state index in [4.69, 9.17) is 0 Å². The van der Waals surface area contributed by atoms with Gasteiger partial charge in [0.15, 0.2) is 0 Å². The fourth-order valence-corrected chi connectivity index (χ4v) is 1.93. The van der Waals surface area contributed by atoms with Gasteiger partial charge in [0.1, 0.15) is 0 Å². The van der Waals surface area contributed by atoms with Crippen LogP contribution in [0.5, 0.6) is 0 Å². The number of hydrogen-bond acceptors (Lipinski definition) is 0. The molecule has 1 aromatic rings. The zero-order chi connectivity index (χ0) is 9.10. The van der Waals surface area contributed by atoms with E-state index in [1.807, 2.05) is 0 Å².